The predicted molar refractivity (Wildman–Crippen MR) is 139 cm³/mol. The molecule has 10 heteroatoms. The Balaban J connectivity index is 1.49. The van der Waals surface area contributed by atoms with Gasteiger partial charge in [0.25, 0.3) is 0 Å². The first-order chi connectivity index (χ1) is 18.0. The summed E-state index contributed by atoms with van der Waals surface area (Å²) < 4.78 is 22.7. The molecule has 0 aliphatic carbocycles. The molecule has 3 heterocycles. The van der Waals surface area contributed by atoms with Crippen molar-refractivity contribution in [1.82, 2.24) is 5.32 Å². The summed E-state index contributed by atoms with van der Waals surface area (Å²) in [5.41, 5.74) is 0.392. The van der Waals surface area contributed by atoms with Gasteiger partial charge >= 0.3 is 5.97 Å². The Labute approximate surface area is 224 Å². The second kappa shape index (κ2) is 13.4. The van der Waals surface area contributed by atoms with Crippen LogP contribution >= 0.6 is 0 Å². The number of aliphatic imine (C=N–C) groups is 1. The number of hydrogen-bond acceptors (Lipinski definition) is 9. The lowest BCUT2D eigenvalue weighted by atomic mass is 9.87. The van der Waals surface area contributed by atoms with E-state index in [1.54, 1.807) is 13.0 Å². The van der Waals surface area contributed by atoms with Gasteiger partial charge < -0.3 is 29.4 Å². The first-order valence-corrected chi connectivity index (χ1v) is 13.2. The fourth-order valence-corrected chi connectivity index (χ4v) is 5.01. The summed E-state index contributed by atoms with van der Waals surface area (Å²) in [6.45, 7) is 9.73. The number of nitrogens with one attached hydrogen (secondary N) is 1. The number of carbonyl (C=O) groups excluding carboxylic acids is 3. The molecule has 0 aromatic heterocycles. The number of amides is 1. The number of epoxide rings is 1. The third kappa shape index (κ3) is 8.44. The average Bonchev–Trinajstić information content (AvgIpc) is 3.63. The maximum atomic E-state index is 12.3. The molecule has 210 valence electrons. The molecule has 0 unspecified atom stereocenters. The largest absolute Gasteiger partial charge is 0.459 e. The highest BCUT2D eigenvalue weighted by Crippen LogP contribution is 2.42. The van der Waals surface area contributed by atoms with Crippen molar-refractivity contribution in [2.45, 2.75) is 102 Å². The fourth-order valence-electron chi connectivity index (χ4n) is 5.01. The van der Waals surface area contributed by atoms with Crippen LogP contribution in [0.5, 0.6) is 0 Å². The second-order valence-corrected chi connectivity index (χ2v) is 10.6. The average molecular weight is 533 g/mol. The molecule has 0 saturated carbocycles. The van der Waals surface area contributed by atoms with Crippen molar-refractivity contribution < 1.29 is 38.4 Å². The third-order valence-corrected chi connectivity index (χ3v) is 7.28. The molecule has 1 spiro atoms. The standard InChI is InChI=1S/C28H40N2O8/c1-17(7-10-25-27(34)28(15-35-28)13-22(38-25)14-29-16-31)6-9-24-18(2)12-23(20(4)37-24)30-26(33)11-8-19(3)36-21(5)32/h6-8,10-11,18-20,22-25,27,34H,9,12-15H2,1-5H3,(H,30,33)/b10-7+,11-8-,17-6+/t18-,19-,20+,22-,23+,24-,25+,27+,28+/m0/s1. The van der Waals surface area contributed by atoms with Gasteiger partial charge in [-0.3, -0.25) is 9.59 Å². The van der Waals surface area contributed by atoms with Crippen LogP contribution in [0.3, 0.4) is 0 Å². The molecule has 3 saturated heterocycles. The quantitative estimate of drug-likeness (QED) is 0.109. The molecule has 10 nitrogen and oxygen atoms in total. The van der Waals surface area contributed by atoms with E-state index in [-0.39, 0.29) is 42.7 Å². The number of ether oxygens (including phenoxy) is 4. The molecule has 3 aliphatic heterocycles. The van der Waals surface area contributed by atoms with Gasteiger partial charge in [-0.25, -0.2) is 9.79 Å². The van der Waals surface area contributed by atoms with Gasteiger partial charge in [0, 0.05) is 19.4 Å². The predicted octanol–water partition coefficient (Wildman–Crippen LogP) is 2.31. The summed E-state index contributed by atoms with van der Waals surface area (Å²) in [7, 11) is 0. The van der Waals surface area contributed by atoms with E-state index in [0.29, 0.717) is 19.4 Å². The van der Waals surface area contributed by atoms with E-state index < -0.39 is 29.9 Å². The van der Waals surface area contributed by atoms with Crippen molar-refractivity contribution in [3.8, 4) is 0 Å². The molecular formula is C28H40N2O8. The van der Waals surface area contributed by atoms with E-state index in [1.807, 2.05) is 26.0 Å². The number of nitrogens with zero attached hydrogens (tertiary/aromatic N) is 1. The van der Waals surface area contributed by atoms with Crippen LogP contribution in [0.25, 0.3) is 0 Å². The van der Waals surface area contributed by atoms with Crippen LogP contribution in [0.1, 0.15) is 53.9 Å². The molecule has 2 N–H and O–H groups in total. The minimum atomic E-state index is -0.780. The Bertz CT molecular complexity index is 981. The number of hydrogen-bond donors (Lipinski definition) is 2. The summed E-state index contributed by atoms with van der Waals surface area (Å²) in [5.74, 6) is -0.419. The van der Waals surface area contributed by atoms with Crippen molar-refractivity contribution in [2.75, 3.05) is 13.2 Å². The van der Waals surface area contributed by atoms with Gasteiger partial charge in [0.1, 0.15) is 23.9 Å². The van der Waals surface area contributed by atoms with Crippen molar-refractivity contribution in [3.05, 3.63) is 36.0 Å². The molecule has 0 aromatic rings. The Morgan fingerprint density at radius 3 is 2.66 bits per heavy atom. The lowest BCUT2D eigenvalue weighted by molar-refractivity contribution is -0.143. The van der Waals surface area contributed by atoms with E-state index in [1.165, 1.54) is 19.1 Å². The summed E-state index contributed by atoms with van der Waals surface area (Å²) in [6, 6.07) is -0.120. The van der Waals surface area contributed by atoms with Crippen LogP contribution in [-0.2, 0) is 33.3 Å². The summed E-state index contributed by atoms with van der Waals surface area (Å²) in [4.78, 5) is 37.4. The maximum absolute atomic E-state index is 12.3. The third-order valence-electron chi connectivity index (χ3n) is 7.28. The molecule has 0 radical (unpaired) electrons. The number of aliphatic hydroxyl groups excluding tert-OH is 1. The van der Waals surface area contributed by atoms with Crippen LogP contribution in [0.2, 0.25) is 0 Å². The lowest BCUT2D eigenvalue weighted by Crippen LogP contribution is -2.50. The maximum Gasteiger partial charge on any atom is 0.303 e. The van der Waals surface area contributed by atoms with Gasteiger partial charge in [0.15, 0.2) is 0 Å². The van der Waals surface area contributed by atoms with Gasteiger partial charge in [0.2, 0.25) is 12.0 Å². The number of carbonyl (C=O) groups is 2. The molecular weight excluding hydrogens is 492 g/mol. The zero-order valence-corrected chi connectivity index (χ0v) is 22.8. The Kier molecular flexibility index (Phi) is 10.6. The van der Waals surface area contributed by atoms with E-state index >= 15 is 0 Å². The van der Waals surface area contributed by atoms with Gasteiger partial charge in [-0.2, -0.15) is 0 Å². The summed E-state index contributed by atoms with van der Waals surface area (Å²) in [5, 5.41) is 13.7. The van der Waals surface area contributed by atoms with Crippen molar-refractivity contribution >= 4 is 18.0 Å². The first-order valence-electron chi connectivity index (χ1n) is 13.2. The summed E-state index contributed by atoms with van der Waals surface area (Å²) >= 11 is 0. The molecule has 3 fully saturated rings. The van der Waals surface area contributed by atoms with Crippen molar-refractivity contribution in [3.63, 3.8) is 0 Å². The molecule has 38 heavy (non-hydrogen) atoms. The fraction of sp³-hybridized carbons (Fsp3) is 0.679. The molecule has 9 atom stereocenters. The number of isocyanates is 1. The van der Waals surface area contributed by atoms with Gasteiger partial charge in [-0.1, -0.05) is 30.7 Å². The van der Waals surface area contributed by atoms with Crippen LogP contribution in [0.4, 0.5) is 0 Å². The van der Waals surface area contributed by atoms with E-state index in [9.17, 15) is 19.5 Å². The highest BCUT2D eigenvalue weighted by Gasteiger charge is 2.58. The number of aliphatic hydroxyl groups is 1. The van der Waals surface area contributed by atoms with Gasteiger partial charge in [0.05, 0.1) is 37.5 Å². The number of allylic oxidation sites excluding steroid dienone is 2. The van der Waals surface area contributed by atoms with Crippen LogP contribution < -0.4 is 5.32 Å². The SMILES string of the molecule is CC(=O)O[C@@H](C)/C=C\C(=O)N[C@@H]1C[C@H](C)[C@H](C/C=C(C)/C=C/[C@H]2O[C@H](CN=C=O)C[C@@]3(CO3)[C@@H]2O)O[C@@H]1C. The molecule has 1 amide bonds. The normalized spacial score (nSPS) is 36.2. The van der Waals surface area contributed by atoms with Crippen molar-refractivity contribution in [1.29, 1.82) is 0 Å². The van der Waals surface area contributed by atoms with E-state index in [4.69, 9.17) is 18.9 Å². The Hall–Kier alpha value is -2.62. The minimum Gasteiger partial charge on any atom is -0.459 e. The van der Waals surface area contributed by atoms with Crippen molar-refractivity contribution in [2.24, 2.45) is 10.9 Å². The number of esters is 1. The van der Waals surface area contributed by atoms with E-state index in [0.717, 1.165) is 12.0 Å². The van der Waals surface area contributed by atoms with Gasteiger partial charge in [-0.05, 0) is 45.6 Å². The van der Waals surface area contributed by atoms with Gasteiger partial charge in [-0.15, -0.1) is 0 Å². The van der Waals surface area contributed by atoms with Crippen LogP contribution in [-0.4, -0.2) is 84.5 Å². The topological polar surface area (TPSA) is 136 Å². The van der Waals surface area contributed by atoms with E-state index in [2.05, 4.69) is 23.3 Å². The molecule has 0 bridgehead atoms. The molecule has 3 rings (SSSR count). The van der Waals surface area contributed by atoms with Crippen LogP contribution in [0, 0.1) is 5.92 Å². The monoisotopic (exact) mass is 532 g/mol. The smallest absolute Gasteiger partial charge is 0.303 e. The first kappa shape index (κ1) is 29.9. The molecule has 3 aliphatic rings. The summed E-state index contributed by atoms with van der Waals surface area (Å²) in [6.07, 6.45) is 10.0. The lowest BCUT2D eigenvalue weighted by Gasteiger charge is -2.39. The number of rotatable bonds is 10. The molecule has 0 aromatic carbocycles. The Morgan fingerprint density at radius 2 is 2.00 bits per heavy atom. The highest BCUT2D eigenvalue weighted by atomic mass is 16.6. The Morgan fingerprint density at radius 1 is 1.26 bits per heavy atom. The van der Waals surface area contributed by atoms with Crippen LogP contribution in [0.15, 0.2) is 40.9 Å². The minimum absolute atomic E-state index is 0.00581. The second-order valence-electron chi connectivity index (χ2n) is 10.6. The zero-order valence-electron chi connectivity index (χ0n) is 22.8. The highest BCUT2D eigenvalue weighted by molar-refractivity contribution is 5.87. The zero-order chi connectivity index (χ0) is 27.9.